The van der Waals surface area contributed by atoms with Crippen LogP contribution in [-0.4, -0.2) is 87.8 Å². The number of rotatable bonds is 4. The van der Waals surface area contributed by atoms with E-state index in [9.17, 15) is 26.3 Å². The van der Waals surface area contributed by atoms with Crippen molar-refractivity contribution in [2.45, 2.75) is 49.8 Å². The number of halogens is 6. The Labute approximate surface area is 217 Å². The Kier molecular flexibility index (Phi) is 10.8. The minimum Gasteiger partial charge on any atom is -0.475 e. The van der Waals surface area contributed by atoms with Crippen LogP contribution in [0.15, 0.2) is 35.3 Å². The van der Waals surface area contributed by atoms with Crippen LogP contribution in [0.2, 0.25) is 0 Å². The van der Waals surface area contributed by atoms with Gasteiger partial charge in [-0.05, 0) is 47.8 Å². The van der Waals surface area contributed by atoms with E-state index in [1.54, 1.807) is 23.7 Å². The molecule has 4 rings (SSSR count). The molecule has 2 fully saturated rings. The van der Waals surface area contributed by atoms with Crippen LogP contribution in [0.1, 0.15) is 24.8 Å². The Morgan fingerprint density at radius 3 is 2.24 bits per heavy atom. The third kappa shape index (κ3) is 9.72. The number of aliphatic carboxylic acids is 2. The van der Waals surface area contributed by atoms with Crippen molar-refractivity contribution in [3.8, 4) is 0 Å². The van der Waals surface area contributed by atoms with Gasteiger partial charge in [0, 0.05) is 39.0 Å². The number of carboxylic acid groups (broad SMARTS) is 2. The summed E-state index contributed by atoms with van der Waals surface area (Å²) >= 11 is 1.78. The molecule has 9 nitrogen and oxygen atoms in total. The number of carboxylic acids is 2. The number of anilines is 1. The van der Waals surface area contributed by atoms with E-state index in [2.05, 4.69) is 43.6 Å². The van der Waals surface area contributed by atoms with E-state index in [4.69, 9.17) is 24.5 Å². The topological polar surface area (TPSA) is 116 Å². The van der Waals surface area contributed by atoms with Gasteiger partial charge in [0.1, 0.15) is 0 Å². The van der Waals surface area contributed by atoms with Crippen molar-refractivity contribution in [1.82, 2.24) is 14.9 Å². The van der Waals surface area contributed by atoms with Crippen LogP contribution in [-0.2, 0) is 20.9 Å². The van der Waals surface area contributed by atoms with Gasteiger partial charge in [-0.1, -0.05) is 0 Å². The zero-order valence-corrected chi connectivity index (χ0v) is 20.9. The lowest BCUT2D eigenvalue weighted by molar-refractivity contribution is -0.193. The normalized spacial score (nSPS) is 21.6. The van der Waals surface area contributed by atoms with Crippen LogP contribution in [0.4, 0.5) is 32.3 Å². The fourth-order valence-corrected chi connectivity index (χ4v) is 4.62. The number of likely N-dealkylation sites (tertiary alicyclic amines) is 1. The first-order valence-electron chi connectivity index (χ1n) is 11.1. The monoisotopic (exact) mass is 572 g/mol. The summed E-state index contributed by atoms with van der Waals surface area (Å²) in [6, 6.07) is 4.44. The Balaban J connectivity index is 0.000000301. The molecule has 2 N–H and O–H groups in total. The van der Waals surface area contributed by atoms with Gasteiger partial charge in [0.2, 0.25) is 5.95 Å². The molecule has 0 bridgehead atoms. The van der Waals surface area contributed by atoms with E-state index in [1.807, 2.05) is 6.07 Å². The van der Waals surface area contributed by atoms with Crippen LogP contribution in [0, 0.1) is 0 Å². The summed E-state index contributed by atoms with van der Waals surface area (Å²) in [6.07, 6.45) is -3.14. The van der Waals surface area contributed by atoms with Gasteiger partial charge in [-0.2, -0.15) is 37.7 Å². The molecule has 2 aliphatic heterocycles. The third-order valence-electron chi connectivity index (χ3n) is 5.69. The number of hydrogen-bond acceptors (Lipinski definition) is 8. The molecule has 0 aromatic carbocycles. The zero-order chi connectivity index (χ0) is 28.6. The fourth-order valence-electron chi connectivity index (χ4n) is 3.96. The average molecular weight is 573 g/mol. The van der Waals surface area contributed by atoms with Crippen LogP contribution in [0.3, 0.4) is 0 Å². The van der Waals surface area contributed by atoms with Gasteiger partial charge in [0.05, 0.1) is 18.2 Å². The molecule has 2 saturated heterocycles. The lowest BCUT2D eigenvalue weighted by Crippen LogP contribution is -2.48. The molecule has 16 heteroatoms. The second-order valence-electron chi connectivity index (χ2n) is 8.56. The molecule has 2 unspecified atom stereocenters. The van der Waals surface area contributed by atoms with E-state index in [1.165, 1.54) is 18.5 Å². The van der Waals surface area contributed by atoms with Crippen molar-refractivity contribution >= 4 is 29.2 Å². The SMILES string of the molecule is CN(c1ncccn1)C1COC2(CCCN(Cc3ccsc3)C2)C1.O=C(O)C(F)(F)F.O=C(O)C(F)(F)F. The minimum absolute atomic E-state index is 0.00196. The number of aromatic nitrogens is 2. The summed E-state index contributed by atoms with van der Waals surface area (Å²) in [7, 11) is 2.08. The average Bonchev–Trinajstić information content (AvgIpc) is 3.49. The molecule has 0 saturated carbocycles. The first-order valence-corrected chi connectivity index (χ1v) is 12.0. The quantitative estimate of drug-likeness (QED) is 0.524. The lowest BCUT2D eigenvalue weighted by atomic mass is 9.88. The molecule has 2 aromatic rings. The Morgan fingerprint density at radius 2 is 1.74 bits per heavy atom. The number of thiophene rings is 1. The highest BCUT2D eigenvalue weighted by atomic mass is 32.1. The highest BCUT2D eigenvalue weighted by Gasteiger charge is 2.45. The van der Waals surface area contributed by atoms with Crippen LogP contribution in [0.25, 0.3) is 0 Å². The van der Waals surface area contributed by atoms with E-state index in [0.717, 1.165) is 38.5 Å². The first kappa shape index (κ1) is 31.2. The van der Waals surface area contributed by atoms with Crippen molar-refractivity contribution < 1.29 is 50.9 Å². The maximum absolute atomic E-state index is 10.6. The van der Waals surface area contributed by atoms with Crippen molar-refractivity contribution in [2.75, 3.05) is 31.6 Å². The van der Waals surface area contributed by atoms with Gasteiger partial charge in [-0.15, -0.1) is 0 Å². The zero-order valence-electron chi connectivity index (χ0n) is 20.1. The van der Waals surface area contributed by atoms with Crippen molar-refractivity contribution in [2.24, 2.45) is 0 Å². The molecular formula is C22H26F6N4O5S. The first-order chi connectivity index (χ1) is 17.6. The molecule has 212 valence electrons. The third-order valence-corrected chi connectivity index (χ3v) is 6.43. The van der Waals surface area contributed by atoms with Crippen molar-refractivity contribution in [3.05, 3.63) is 40.8 Å². The maximum atomic E-state index is 10.6. The van der Waals surface area contributed by atoms with Gasteiger partial charge in [-0.25, -0.2) is 19.6 Å². The van der Waals surface area contributed by atoms with Gasteiger partial charge >= 0.3 is 24.3 Å². The number of likely N-dealkylation sites (N-methyl/N-ethyl adjacent to an activating group) is 1. The fraction of sp³-hybridized carbons (Fsp3) is 0.545. The number of nitrogens with zero attached hydrogens (tertiary/aromatic N) is 4. The number of ether oxygens (including phenoxy) is 1. The number of hydrogen-bond donors (Lipinski definition) is 2. The summed E-state index contributed by atoms with van der Waals surface area (Å²) in [4.78, 5) is 31.3. The van der Waals surface area contributed by atoms with Crippen molar-refractivity contribution in [3.63, 3.8) is 0 Å². The smallest absolute Gasteiger partial charge is 0.475 e. The predicted molar refractivity (Wildman–Crippen MR) is 124 cm³/mol. The molecule has 2 aliphatic rings. The lowest BCUT2D eigenvalue weighted by Gasteiger charge is -2.40. The molecule has 0 amide bonds. The molecule has 0 radical (unpaired) electrons. The van der Waals surface area contributed by atoms with E-state index in [-0.39, 0.29) is 5.60 Å². The Hall–Kier alpha value is -2.98. The highest BCUT2D eigenvalue weighted by Crippen LogP contribution is 2.37. The predicted octanol–water partition coefficient (Wildman–Crippen LogP) is 4.06. The van der Waals surface area contributed by atoms with Crippen LogP contribution >= 0.6 is 11.3 Å². The van der Waals surface area contributed by atoms with Crippen LogP contribution in [0.5, 0.6) is 0 Å². The summed E-state index contributed by atoms with van der Waals surface area (Å²) in [5, 5.41) is 18.7. The standard InChI is InChI=1S/C18H24N4OS.2C2HF3O2/c1-21(17-19-6-3-7-20-17)16-10-18(23-12-16)5-2-8-22(14-18)11-15-4-9-24-13-15;2*3-2(4,5)1(6)7/h3-4,6-7,9,13,16H,2,5,8,10-12,14H2,1H3;2*(H,6,7). The molecule has 4 heterocycles. The second kappa shape index (κ2) is 13.2. The molecular weight excluding hydrogens is 546 g/mol. The van der Waals surface area contributed by atoms with Gasteiger partial charge < -0.3 is 19.8 Å². The molecule has 1 spiro atoms. The Bertz CT molecular complexity index is 1000. The summed E-state index contributed by atoms with van der Waals surface area (Å²) in [5.74, 6) is -4.73. The number of piperidine rings is 1. The van der Waals surface area contributed by atoms with Crippen LogP contribution < -0.4 is 4.90 Å². The number of carbonyl (C=O) groups is 2. The molecule has 2 aromatic heterocycles. The largest absolute Gasteiger partial charge is 0.490 e. The number of alkyl halides is 6. The molecule has 38 heavy (non-hydrogen) atoms. The van der Waals surface area contributed by atoms with Gasteiger partial charge in [0.25, 0.3) is 0 Å². The van der Waals surface area contributed by atoms with E-state index < -0.39 is 24.3 Å². The summed E-state index contributed by atoms with van der Waals surface area (Å²) in [5.41, 5.74) is 1.42. The van der Waals surface area contributed by atoms with Gasteiger partial charge in [-0.3, -0.25) is 4.90 Å². The van der Waals surface area contributed by atoms with Gasteiger partial charge in [0.15, 0.2) is 0 Å². The molecule has 0 aliphatic carbocycles. The van der Waals surface area contributed by atoms with E-state index >= 15 is 0 Å². The van der Waals surface area contributed by atoms with Crippen molar-refractivity contribution in [1.29, 1.82) is 0 Å². The maximum Gasteiger partial charge on any atom is 0.490 e. The summed E-state index contributed by atoms with van der Waals surface area (Å²) in [6.45, 7) is 4.00. The summed E-state index contributed by atoms with van der Waals surface area (Å²) < 4.78 is 69.8. The second-order valence-corrected chi connectivity index (χ2v) is 9.34. The Morgan fingerprint density at radius 1 is 1.16 bits per heavy atom. The van der Waals surface area contributed by atoms with E-state index in [0.29, 0.717) is 6.04 Å². The molecule has 2 atom stereocenters. The minimum atomic E-state index is -5.08. The highest BCUT2D eigenvalue weighted by molar-refractivity contribution is 7.07.